The molecule has 0 spiro atoms. The van der Waals surface area contributed by atoms with Gasteiger partial charge in [0.1, 0.15) is 11.4 Å². The fourth-order valence-corrected chi connectivity index (χ4v) is 3.51. The van der Waals surface area contributed by atoms with Crippen molar-refractivity contribution in [1.82, 2.24) is 5.32 Å². The van der Waals surface area contributed by atoms with E-state index < -0.39 is 11.4 Å². The van der Waals surface area contributed by atoms with Crippen LogP contribution in [-0.2, 0) is 0 Å². The summed E-state index contributed by atoms with van der Waals surface area (Å²) in [5.74, 6) is -0.518. The Bertz CT molecular complexity index is 1030. The van der Waals surface area contributed by atoms with Crippen LogP contribution in [0.3, 0.4) is 0 Å². The monoisotopic (exact) mass is 372 g/mol. The summed E-state index contributed by atoms with van der Waals surface area (Å²) in [5, 5.41) is 4.20. The lowest BCUT2D eigenvalue weighted by atomic mass is 10.1. The first-order valence-corrected chi connectivity index (χ1v) is 8.91. The third-order valence-corrected chi connectivity index (χ3v) is 4.97. The number of hydrogen-bond donors (Lipinski definition) is 1. The predicted molar refractivity (Wildman–Crippen MR) is 103 cm³/mol. The van der Waals surface area contributed by atoms with Gasteiger partial charge in [0.25, 0.3) is 0 Å². The smallest absolute Gasteiger partial charge is 0.344 e. The second-order valence-corrected chi connectivity index (χ2v) is 7.01. The second kappa shape index (κ2) is 6.74. The zero-order valence-corrected chi connectivity index (χ0v) is 15.0. The molecule has 4 rings (SSSR count). The third-order valence-electron chi connectivity index (χ3n) is 4.68. The standard InChI is InChI=1S/C20H18ClFN2O2/c1-12-11-24(7-6-23-12)15-4-2-14-8-16(20(25)26-19(14)10-15)13-3-5-18(22)17(21)9-13/h2-5,8-10,12,23H,6-7,11H2,1H3. The van der Waals surface area contributed by atoms with E-state index in [1.807, 2.05) is 18.2 Å². The molecule has 1 aromatic heterocycles. The molecule has 1 unspecified atom stereocenters. The molecule has 1 N–H and O–H groups in total. The number of nitrogens with zero attached hydrogens (tertiary/aromatic N) is 1. The maximum atomic E-state index is 13.4. The van der Waals surface area contributed by atoms with Crippen LogP contribution in [0.1, 0.15) is 6.92 Å². The fraction of sp³-hybridized carbons (Fsp3) is 0.250. The number of anilines is 1. The van der Waals surface area contributed by atoms with Crippen molar-refractivity contribution < 1.29 is 8.81 Å². The maximum absolute atomic E-state index is 13.4. The van der Waals surface area contributed by atoms with Crippen LogP contribution in [0, 0.1) is 5.82 Å². The van der Waals surface area contributed by atoms with Crippen molar-refractivity contribution >= 4 is 28.3 Å². The molecule has 0 bridgehead atoms. The molecule has 1 aliphatic rings. The summed E-state index contributed by atoms with van der Waals surface area (Å²) >= 11 is 5.83. The van der Waals surface area contributed by atoms with Gasteiger partial charge < -0.3 is 14.6 Å². The van der Waals surface area contributed by atoms with Gasteiger partial charge in [0, 0.05) is 42.8 Å². The van der Waals surface area contributed by atoms with Crippen molar-refractivity contribution in [2.45, 2.75) is 13.0 Å². The molecule has 1 fully saturated rings. The highest BCUT2D eigenvalue weighted by Gasteiger charge is 2.17. The number of benzene rings is 2. The molecule has 3 aromatic rings. The van der Waals surface area contributed by atoms with Crippen LogP contribution in [0.15, 0.2) is 51.7 Å². The Morgan fingerprint density at radius 3 is 2.85 bits per heavy atom. The summed E-state index contributed by atoms with van der Waals surface area (Å²) in [6.07, 6.45) is 0. The molecular formula is C20H18ClFN2O2. The number of nitrogens with one attached hydrogen (secondary N) is 1. The molecule has 1 atom stereocenters. The fourth-order valence-electron chi connectivity index (χ4n) is 3.33. The van der Waals surface area contributed by atoms with Gasteiger partial charge in [0.2, 0.25) is 0 Å². The van der Waals surface area contributed by atoms with E-state index in [1.54, 1.807) is 6.07 Å². The van der Waals surface area contributed by atoms with Crippen LogP contribution >= 0.6 is 11.6 Å². The zero-order valence-electron chi connectivity index (χ0n) is 14.3. The van der Waals surface area contributed by atoms with E-state index in [0.717, 1.165) is 30.7 Å². The molecular weight excluding hydrogens is 355 g/mol. The van der Waals surface area contributed by atoms with E-state index in [9.17, 15) is 9.18 Å². The highest BCUT2D eigenvalue weighted by Crippen LogP contribution is 2.27. The highest BCUT2D eigenvalue weighted by atomic mass is 35.5. The normalized spacial score (nSPS) is 17.7. The topological polar surface area (TPSA) is 45.5 Å². The maximum Gasteiger partial charge on any atom is 0.344 e. The Morgan fingerprint density at radius 1 is 1.23 bits per heavy atom. The Kier molecular flexibility index (Phi) is 4.42. The molecule has 26 heavy (non-hydrogen) atoms. The minimum absolute atomic E-state index is 0.0230. The quantitative estimate of drug-likeness (QED) is 0.689. The van der Waals surface area contributed by atoms with E-state index >= 15 is 0 Å². The van der Waals surface area contributed by atoms with Gasteiger partial charge in [0.15, 0.2) is 0 Å². The largest absolute Gasteiger partial charge is 0.422 e. The van der Waals surface area contributed by atoms with Crippen LogP contribution < -0.4 is 15.8 Å². The SMILES string of the molecule is CC1CN(c2ccc3cc(-c4ccc(F)c(Cl)c4)c(=O)oc3c2)CCN1. The van der Waals surface area contributed by atoms with Gasteiger partial charge in [-0.1, -0.05) is 17.7 Å². The Morgan fingerprint density at radius 2 is 2.08 bits per heavy atom. The van der Waals surface area contributed by atoms with Gasteiger partial charge in [-0.25, -0.2) is 9.18 Å². The van der Waals surface area contributed by atoms with Crippen molar-refractivity contribution in [1.29, 1.82) is 0 Å². The van der Waals surface area contributed by atoms with E-state index in [2.05, 4.69) is 17.1 Å². The van der Waals surface area contributed by atoms with E-state index in [0.29, 0.717) is 22.8 Å². The Balaban J connectivity index is 1.75. The minimum Gasteiger partial charge on any atom is -0.422 e. The van der Waals surface area contributed by atoms with Crippen LogP contribution in [-0.4, -0.2) is 25.7 Å². The van der Waals surface area contributed by atoms with Crippen LogP contribution in [0.5, 0.6) is 0 Å². The molecule has 0 radical (unpaired) electrons. The third kappa shape index (κ3) is 3.20. The van der Waals surface area contributed by atoms with E-state index in [-0.39, 0.29) is 5.02 Å². The molecule has 134 valence electrons. The zero-order chi connectivity index (χ0) is 18.3. The molecule has 0 aliphatic carbocycles. The van der Waals surface area contributed by atoms with Crippen molar-refractivity contribution in [2.24, 2.45) is 0 Å². The minimum atomic E-state index is -0.518. The van der Waals surface area contributed by atoms with Gasteiger partial charge in [0.05, 0.1) is 10.6 Å². The van der Waals surface area contributed by atoms with Gasteiger partial charge in [-0.2, -0.15) is 0 Å². The first-order valence-electron chi connectivity index (χ1n) is 8.53. The summed E-state index contributed by atoms with van der Waals surface area (Å²) < 4.78 is 18.9. The summed E-state index contributed by atoms with van der Waals surface area (Å²) in [4.78, 5) is 14.7. The molecule has 0 saturated carbocycles. The van der Waals surface area contributed by atoms with Crippen molar-refractivity contribution in [3.63, 3.8) is 0 Å². The molecule has 0 amide bonds. The number of fused-ring (bicyclic) bond motifs is 1. The first-order chi connectivity index (χ1) is 12.5. The van der Waals surface area contributed by atoms with Crippen molar-refractivity contribution in [3.8, 4) is 11.1 Å². The number of rotatable bonds is 2. The summed E-state index contributed by atoms with van der Waals surface area (Å²) in [7, 11) is 0. The highest BCUT2D eigenvalue weighted by molar-refractivity contribution is 6.31. The molecule has 4 nitrogen and oxygen atoms in total. The predicted octanol–water partition coefficient (Wildman–Crippen LogP) is 4.05. The first kappa shape index (κ1) is 17.1. The van der Waals surface area contributed by atoms with E-state index in [1.165, 1.54) is 18.2 Å². The van der Waals surface area contributed by atoms with E-state index in [4.69, 9.17) is 16.0 Å². The van der Waals surface area contributed by atoms with Gasteiger partial charge in [-0.15, -0.1) is 0 Å². The molecule has 1 saturated heterocycles. The lowest BCUT2D eigenvalue weighted by molar-refractivity contribution is 0.484. The van der Waals surface area contributed by atoms with Gasteiger partial charge >= 0.3 is 5.63 Å². The van der Waals surface area contributed by atoms with Crippen LogP contribution in [0.4, 0.5) is 10.1 Å². The molecule has 2 heterocycles. The van der Waals surface area contributed by atoms with Gasteiger partial charge in [-0.05, 0) is 42.8 Å². The average molecular weight is 373 g/mol. The number of hydrogen-bond acceptors (Lipinski definition) is 4. The summed E-state index contributed by atoms with van der Waals surface area (Å²) in [5.41, 5.74) is 2.00. The Labute approximate surface area is 155 Å². The molecule has 6 heteroatoms. The van der Waals surface area contributed by atoms with Gasteiger partial charge in [-0.3, -0.25) is 0 Å². The average Bonchev–Trinajstić information content (AvgIpc) is 2.63. The van der Waals surface area contributed by atoms with Crippen molar-refractivity contribution in [2.75, 3.05) is 24.5 Å². The molecule has 2 aromatic carbocycles. The number of piperazine rings is 1. The lowest BCUT2D eigenvalue weighted by Crippen LogP contribution is -2.49. The summed E-state index contributed by atoms with van der Waals surface area (Å²) in [6, 6.07) is 12.2. The van der Waals surface area contributed by atoms with Crippen LogP contribution in [0.25, 0.3) is 22.1 Å². The van der Waals surface area contributed by atoms with Crippen molar-refractivity contribution in [3.05, 3.63) is 63.7 Å². The number of halogens is 2. The van der Waals surface area contributed by atoms with Crippen LogP contribution in [0.2, 0.25) is 5.02 Å². The Hall–Kier alpha value is -2.37. The molecule has 1 aliphatic heterocycles. The second-order valence-electron chi connectivity index (χ2n) is 6.60. The summed E-state index contributed by atoms with van der Waals surface area (Å²) in [6.45, 7) is 4.88. The lowest BCUT2D eigenvalue weighted by Gasteiger charge is -2.33.